The van der Waals surface area contributed by atoms with Crippen molar-refractivity contribution in [1.29, 1.82) is 0 Å². The number of ether oxygens (including phenoxy) is 1. The van der Waals surface area contributed by atoms with E-state index in [0.29, 0.717) is 18.8 Å². The van der Waals surface area contributed by atoms with Crippen LogP contribution < -0.4 is 22.4 Å². The third kappa shape index (κ3) is 3.55. The van der Waals surface area contributed by atoms with Gasteiger partial charge in [0.15, 0.2) is 17.5 Å². The molecule has 1 fully saturated rings. The van der Waals surface area contributed by atoms with Crippen LogP contribution in [0.3, 0.4) is 0 Å². The lowest BCUT2D eigenvalue weighted by molar-refractivity contribution is 0.184. The van der Waals surface area contributed by atoms with E-state index in [9.17, 15) is 8.78 Å². The normalized spacial score (nSPS) is 16.8. The van der Waals surface area contributed by atoms with Gasteiger partial charge in [-0.3, -0.25) is 9.69 Å². The molecule has 4 rings (SSSR count). The summed E-state index contributed by atoms with van der Waals surface area (Å²) in [5, 5.41) is 8.86. The Hall–Kier alpha value is -3.57. The topological polar surface area (TPSA) is 134 Å². The molecule has 1 aliphatic heterocycles. The summed E-state index contributed by atoms with van der Waals surface area (Å²) in [5.41, 5.74) is 7.47. The fourth-order valence-corrected chi connectivity index (χ4v) is 3.28. The first-order valence-corrected chi connectivity index (χ1v) is 9.14. The lowest BCUT2D eigenvalue weighted by Gasteiger charge is -2.21. The number of anilines is 2. The molecular weight excluding hydrogens is 394 g/mol. The van der Waals surface area contributed by atoms with Crippen molar-refractivity contribution in [2.24, 2.45) is 16.8 Å². The minimum atomic E-state index is -1.14. The van der Waals surface area contributed by atoms with Gasteiger partial charge in [-0.2, -0.15) is 10.2 Å². The van der Waals surface area contributed by atoms with E-state index >= 15 is 0 Å². The standard InChI is InChI=1S/C19H20F2N8O/c20-15-2-1-3-16(17(15)21)29(24)19(27-23)14-6-11(7-25-18(14)22)12-8-26-28(9-12)13-4-5-30-10-13/h1-3,6-9,13H,4-5,10,23-24H2,(H2,22,25)/b27-19-. The van der Waals surface area contributed by atoms with Crippen molar-refractivity contribution in [3.8, 4) is 11.1 Å². The zero-order valence-corrected chi connectivity index (χ0v) is 15.9. The van der Waals surface area contributed by atoms with Gasteiger partial charge in [-0.15, -0.1) is 0 Å². The van der Waals surface area contributed by atoms with Gasteiger partial charge in [0.25, 0.3) is 0 Å². The average molecular weight is 414 g/mol. The predicted molar refractivity (Wildman–Crippen MR) is 108 cm³/mol. The number of nitrogens with zero attached hydrogens (tertiary/aromatic N) is 5. The summed E-state index contributed by atoms with van der Waals surface area (Å²) in [6, 6.07) is 5.44. The zero-order chi connectivity index (χ0) is 21.3. The largest absolute Gasteiger partial charge is 0.383 e. The van der Waals surface area contributed by atoms with Gasteiger partial charge in [0, 0.05) is 30.1 Å². The van der Waals surface area contributed by atoms with Crippen molar-refractivity contribution < 1.29 is 13.5 Å². The molecular formula is C19H20F2N8O. The SMILES string of the molecule is N/N=C(/c1cc(-c2cnn(C3CCOC3)c2)cnc1N)N(N)c1cccc(F)c1F. The van der Waals surface area contributed by atoms with Gasteiger partial charge in [0.1, 0.15) is 5.82 Å². The number of rotatable bonds is 4. The second-order valence-corrected chi connectivity index (χ2v) is 6.78. The Morgan fingerprint density at radius 1 is 1.27 bits per heavy atom. The van der Waals surface area contributed by atoms with Crippen LogP contribution in [-0.4, -0.2) is 33.8 Å². The lowest BCUT2D eigenvalue weighted by Crippen LogP contribution is -2.40. The molecule has 1 aliphatic rings. The van der Waals surface area contributed by atoms with Crippen molar-refractivity contribution in [1.82, 2.24) is 14.8 Å². The van der Waals surface area contributed by atoms with Crippen LogP contribution in [0.5, 0.6) is 0 Å². The lowest BCUT2D eigenvalue weighted by atomic mass is 10.1. The predicted octanol–water partition coefficient (Wildman–Crippen LogP) is 1.77. The second-order valence-electron chi connectivity index (χ2n) is 6.78. The Labute approximate surface area is 170 Å². The highest BCUT2D eigenvalue weighted by atomic mass is 19.2. The van der Waals surface area contributed by atoms with Crippen LogP contribution in [-0.2, 0) is 4.74 Å². The number of hydrogen-bond acceptors (Lipinski definition) is 7. The van der Waals surface area contributed by atoms with Gasteiger partial charge in [-0.05, 0) is 24.6 Å². The second kappa shape index (κ2) is 8.05. The van der Waals surface area contributed by atoms with Crippen LogP contribution in [0.1, 0.15) is 18.0 Å². The van der Waals surface area contributed by atoms with Crippen molar-refractivity contribution in [2.75, 3.05) is 24.0 Å². The van der Waals surface area contributed by atoms with E-state index in [4.69, 9.17) is 22.2 Å². The van der Waals surface area contributed by atoms with Gasteiger partial charge in [0.05, 0.1) is 30.1 Å². The molecule has 30 heavy (non-hydrogen) atoms. The molecule has 6 N–H and O–H groups in total. The molecule has 1 aromatic carbocycles. The summed E-state index contributed by atoms with van der Waals surface area (Å²) in [4.78, 5) is 4.18. The molecule has 156 valence electrons. The van der Waals surface area contributed by atoms with E-state index in [0.717, 1.165) is 23.1 Å². The molecule has 0 spiro atoms. The third-order valence-corrected chi connectivity index (χ3v) is 4.92. The van der Waals surface area contributed by atoms with Gasteiger partial charge in [-0.25, -0.2) is 19.6 Å². The van der Waals surface area contributed by atoms with Crippen LogP contribution in [0.15, 0.2) is 48.0 Å². The van der Waals surface area contributed by atoms with E-state index in [1.165, 1.54) is 12.1 Å². The Morgan fingerprint density at radius 3 is 2.83 bits per heavy atom. The number of hydrogen-bond donors (Lipinski definition) is 3. The molecule has 0 amide bonds. The van der Waals surface area contributed by atoms with E-state index in [2.05, 4.69) is 15.2 Å². The Morgan fingerprint density at radius 2 is 2.10 bits per heavy atom. The Bertz CT molecular complexity index is 1090. The van der Waals surface area contributed by atoms with Gasteiger partial charge >= 0.3 is 0 Å². The molecule has 9 nitrogen and oxygen atoms in total. The number of pyridine rings is 1. The molecule has 3 heterocycles. The third-order valence-electron chi connectivity index (χ3n) is 4.92. The fraction of sp³-hybridized carbons (Fsp3) is 0.211. The van der Waals surface area contributed by atoms with Crippen molar-refractivity contribution in [2.45, 2.75) is 12.5 Å². The average Bonchev–Trinajstić information content (AvgIpc) is 3.43. The maximum atomic E-state index is 14.2. The van der Waals surface area contributed by atoms with Crippen molar-refractivity contribution in [3.05, 3.63) is 60.1 Å². The number of amidine groups is 1. The van der Waals surface area contributed by atoms with Crippen molar-refractivity contribution >= 4 is 17.3 Å². The molecule has 0 saturated carbocycles. The Kier molecular flexibility index (Phi) is 5.29. The van der Waals surface area contributed by atoms with Crippen LogP contribution in [0.25, 0.3) is 11.1 Å². The summed E-state index contributed by atoms with van der Waals surface area (Å²) < 4.78 is 35.1. The smallest absolute Gasteiger partial charge is 0.183 e. The quantitative estimate of drug-likeness (QED) is 0.256. The van der Waals surface area contributed by atoms with Gasteiger partial charge in [0.2, 0.25) is 0 Å². The first kappa shape index (κ1) is 19.7. The van der Waals surface area contributed by atoms with E-state index in [1.54, 1.807) is 18.5 Å². The highest BCUT2D eigenvalue weighted by Gasteiger charge is 2.22. The maximum absolute atomic E-state index is 14.2. The highest BCUT2D eigenvalue weighted by Crippen LogP contribution is 2.27. The number of hydrazine groups is 1. The molecule has 1 saturated heterocycles. The summed E-state index contributed by atoms with van der Waals surface area (Å²) >= 11 is 0. The first-order valence-electron chi connectivity index (χ1n) is 9.14. The van der Waals surface area contributed by atoms with Crippen LogP contribution in [0, 0.1) is 11.6 Å². The maximum Gasteiger partial charge on any atom is 0.183 e. The van der Waals surface area contributed by atoms with E-state index in [-0.39, 0.29) is 28.9 Å². The molecule has 11 heteroatoms. The number of benzene rings is 1. The molecule has 0 radical (unpaired) electrons. The molecule has 3 aromatic rings. The minimum Gasteiger partial charge on any atom is -0.383 e. The summed E-state index contributed by atoms with van der Waals surface area (Å²) in [7, 11) is 0. The summed E-state index contributed by atoms with van der Waals surface area (Å²) in [5.74, 6) is 9.32. The van der Waals surface area contributed by atoms with E-state index < -0.39 is 11.6 Å². The molecule has 2 aromatic heterocycles. The number of halogens is 2. The number of nitrogens with two attached hydrogens (primary N) is 3. The van der Waals surface area contributed by atoms with Crippen LogP contribution >= 0.6 is 0 Å². The monoisotopic (exact) mass is 414 g/mol. The number of nitrogen functional groups attached to an aromatic ring is 1. The first-order chi connectivity index (χ1) is 14.5. The Balaban J connectivity index is 1.69. The fourth-order valence-electron chi connectivity index (χ4n) is 3.28. The molecule has 1 atom stereocenters. The molecule has 1 unspecified atom stereocenters. The highest BCUT2D eigenvalue weighted by molar-refractivity contribution is 6.12. The summed E-state index contributed by atoms with van der Waals surface area (Å²) in [6.07, 6.45) is 6.03. The van der Waals surface area contributed by atoms with E-state index in [1.807, 2.05) is 10.9 Å². The van der Waals surface area contributed by atoms with Crippen LogP contribution in [0.2, 0.25) is 0 Å². The number of aromatic nitrogens is 3. The molecule has 0 bridgehead atoms. The number of hydrazone groups is 1. The van der Waals surface area contributed by atoms with Gasteiger partial charge in [-0.1, -0.05) is 6.07 Å². The molecule has 0 aliphatic carbocycles. The zero-order valence-electron chi connectivity index (χ0n) is 15.9. The minimum absolute atomic E-state index is 0.0757. The van der Waals surface area contributed by atoms with Crippen molar-refractivity contribution in [3.63, 3.8) is 0 Å². The van der Waals surface area contributed by atoms with Gasteiger partial charge < -0.3 is 16.3 Å². The summed E-state index contributed by atoms with van der Waals surface area (Å²) in [6.45, 7) is 1.31. The van der Waals surface area contributed by atoms with Crippen LogP contribution in [0.4, 0.5) is 20.3 Å².